The first-order valence-electron chi connectivity index (χ1n) is 23.3. The maximum Gasteiger partial charge on any atom is -0.0142 e. The first-order valence-corrected chi connectivity index (χ1v) is 23.3. The maximum atomic E-state index is 2.45. The molecule has 8 rings (SSSR count). The van der Waals surface area contributed by atoms with Gasteiger partial charge in [0.05, 0.1) is 0 Å². The fraction of sp³-hybridized carbons (Fsp3) is 0.250. The minimum atomic E-state index is 1.21. The van der Waals surface area contributed by atoms with E-state index in [9.17, 15) is 0 Å². The topological polar surface area (TPSA) is 0 Å². The van der Waals surface area contributed by atoms with Crippen LogP contribution in [0.4, 0.5) is 0 Å². The second-order valence-corrected chi connectivity index (χ2v) is 18.5. The Bertz CT molecular complexity index is 2640. The van der Waals surface area contributed by atoms with Gasteiger partial charge in [0.25, 0.3) is 0 Å². The molecule has 64 heavy (non-hydrogen) atoms. The van der Waals surface area contributed by atoms with Gasteiger partial charge in [-0.05, 0) is 295 Å². The molecule has 0 aliphatic carbocycles. The summed E-state index contributed by atoms with van der Waals surface area (Å²) in [5, 5.41) is 0. The van der Waals surface area contributed by atoms with Gasteiger partial charge in [0.1, 0.15) is 0 Å². The van der Waals surface area contributed by atoms with Gasteiger partial charge in [-0.25, -0.2) is 0 Å². The Kier molecular flexibility index (Phi) is 13.2. The van der Waals surface area contributed by atoms with E-state index in [0.717, 1.165) is 0 Å². The summed E-state index contributed by atoms with van der Waals surface area (Å²) >= 11 is 0. The fourth-order valence-corrected chi connectivity index (χ4v) is 9.48. The Morgan fingerprint density at radius 3 is 0.625 bits per heavy atom. The van der Waals surface area contributed by atoms with Gasteiger partial charge in [-0.3, -0.25) is 0 Å². The van der Waals surface area contributed by atoms with Crippen molar-refractivity contribution < 1.29 is 0 Å². The molecule has 0 saturated carbocycles. The number of hydrogen-bond donors (Lipinski definition) is 0. The van der Waals surface area contributed by atoms with Crippen LogP contribution in [0, 0.1) is 96.9 Å². The van der Waals surface area contributed by atoms with Gasteiger partial charge in [0.2, 0.25) is 0 Å². The molecule has 0 nitrogen and oxygen atoms in total. The standard InChI is InChI=1S/C62H62.C2H6/c1-35-20-55(21-36(2)43(35)9)59-31-53(32-60(47(59)13)56-22-37(3)44(10)38(4)23-56)51-28-50(49-18-16-15-17-19-49)29-52(30-51)54-33-61(57-24-39(5)45(11)40(6)25-57)48(14)62(34-54)58-26-41(7)46(12)42(8)27-58;1-2/h15-34H,1-14H3;1-2H3. The van der Waals surface area contributed by atoms with E-state index in [-0.39, 0.29) is 0 Å². The second kappa shape index (κ2) is 18.5. The van der Waals surface area contributed by atoms with Crippen molar-refractivity contribution in [2.24, 2.45) is 0 Å². The van der Waals surface area contributed by atoms with Crippen LogP contribution in [0.1, 0.15) is 91.7 Å². The molecule has 0 spiro atoms. The molecule has 0 heteroatoms. The Labute approximate surface area is 386 Å². The summed E-state index contributed by atoms with van der Waals surface area (Å²) < 4.78 is 0. The predicted molar refractivity (Wildman–Crippen MR) is 282 cm³/mol. The summed E-state index contributed by atoms with van der Waals surface area (Å²) in [4.78, 5) is 0. The lowest BCUT2D eigenvalue weighted by Gasteiger charge is -2.21. The lowest BCUT2D eigenvalue weighted by molar-refractivity contribution is 1.26. The summed E-state index contributed by atoms with van der Waals surface area (Å²) in [6.45, 7) is 35.6. The monoisotopic (exact) mass is 837 g/mol. The first-order chi connectivity index (χ1) is 30.5. The number of aryl methyl sites for hydroxylation is 8. The van der Waals surface area contributed by atoms with Crippen LogP contribution in [0.2, 0.25) is 0 Å². The lowest BCUT2D eigenvalue weighted by atomic mass is 9.83. The molecule has 0 N–H and O–H groups in total. The molecular formula is C64H68. The predicted octanol–water partition coefficient (Wildman–Crippen LogP) is 18.7. The zero-order valence-electron chi connectivity index (χ0n) is 41.5. The molecule has 8 aromatic rings. The fourth-order valence-electron chi connectivity index (χ4n) is 9.48. The van der Waals surface area contributed by atoms with E-state index in [1.54, 1.807) is 0 Å². The van der Waals surface area contributed by atoms with Crippen LogP contribution in [0.3, 0.4) is 0 Å². The van der Waals surface area contributed by atoms with E-state index in [0.29, 0.717) is 0 Å². The number of rotatable bonds is 7. The molecule has 0 unspecified atom stereocenters. The highest BCUT2D eigenvalue weighted by Gasteiger charge is 2.19. The van der Waals surface area contributed by atoms with Crippen LogP contribution >= 0.6 is 0 Å². The van der Waals surface area contributed by atoms with Crippen molar-refractivity contribution in [3.63, 3.8) is 0 Å². The molecule has 0 aliphatic rings. The van der Waals surface area contributed by atoms with Crippen molar-refractivity contribution in [2.75, 3.05) is 0 Å². The van der Waals surface area contributed by atoms with E-state index >= 15 is 0 Å². The Hall–Kier alpha value is -6.24. The first kappa shape index (κ1) is 45.8. The maximum absolute atomic E-state index is 2.45. The molecule has 0 saturated heterocycles. The summed E-state index contributed by atoms with van der Waals surface area (Å²) in [6.07, 6.45) is 0. The average molecular weight is 837 g/mol. The van der Waals surface area contributed by atoms with Gasteiger partial charge in [-0.1, -0.05) is 92.7 Å². The van der Waals surface area contributed by atoms with E-state index in [1.165, 1.54) is 156 Å². The molecule has 0 amide bonds. The molecular weight excluding hydrogens is 769 g/mol. The summed E-state index contributed by atoms with van der Waals surface area (Å²) in [5.41, 5.74) is 36.1. The largest absolute Gasteiger partial charge is 0.0683 e. The molecule has 0 fully saturated rings. The lowest BCUT2D eigenvalue weighted by Crippen LogP contribution is -1.97. The van der Waals surface area contributed by atoms with Crippen molar-refractivity contribution in [1.29, 1.82) is 0 Å². The van der Waals surface area contributed by atoms with Crippen LogP contribution in [0.25, 0.3) is 77.9 Å². The molecule has 0 aromatic heterocycles. The number of hydrogen-bond acceptors (Lipinski definition) is 0. The summed E-state index contributed by atoms with van der Waals surface area (Å²) in [7, 11) is 0. The Morgan fingerprint density at radius 2 is 0.391 bits per heavy atom. The van der Waals surface area contributed by atoms with E-state index < -0.39 is 0 Å². The van der Waals surface area contributed by atoms with Crippen LogP contribution in [0.5, 0.6) is 0 Å². The minimum Gasteiger partial charge on any atom is -0.0683 e. The smallest absolute Gasteiger partial charge is 0.0142 e. The van der Waals surface area contributed by atoms with E-state index in [2.05, 4.69) is 218 Å². The third-order valence-corrected chi connectivity index (χ3v) is 14.5. The SMILES string of the molecule is CC.Cc1cc(-c2cc(-c3cc(-c4ccccc4)cc(-c4cc(-c5cc(C)c(C)c(C)c5)c(C)c(-c5cc(C)c(C)c(C)c5)c4)c3)cc(-c3cc(C)c(C)c(C)c3)c2C)cc(C)c1C. The third kappa shape index (κ3) is 8.81. The Balaban J connectivity index is 0.00000302. The van der Waals surface area contributed by atoms with Gasteiger partial charge < -0.3 is 0 Å². The normalized spacial score (nSPS) is 11.1. The van der Waals surface area contributed by atoms with Gasteiger partial charge in [-0.15, -0.1) is 0 Å². The molecule has 0 aliphatic heterocycles. The molecule has 0 atom stereocenters. The van der Waals surface area contributed by atoms with Crippen LogP contribution in [0.15, 0.2) is 121 Å². The van der Waals surface area contributed by atoms with E-state index in [4.69, 9.17) is 0 Å². The highest BCUT2D eigenvalue weighted by molar-refractivity contribution is 5.91. The molecule has 0 heterocycles. The third-order valence-electron chi connectivity index (χ3n) is 14.5. The van der Waals surface area contributed by atoms with Crippen LogP contribution in [-0.2, 0) is 0 Å². The zero-order valence-corrected chi connectivity index (χ0v) is 41.5. The summed E-state index contributed by atoms with van der Waals surface area (Å²) in [6, 6.07) is 47.0. The van der Waals surface area contributed by atoms with Crippen molar-refractivity contribution >= 4 is 0 Å². The minimum absolute atomic E-state index is 1.21. The van der Waals surface area contributed by atoms with Gasteiger partial charge in [0, 0.05) is 0 Å². The van der Waals surface area contributed by atoms with Gasteiger partial charge in [0.15, 0.2) is 0 Å². The van der Waals surface area contributed by atoms with Crippen LogP contribution < -0.4 is 0 Å². The second-order valence-electron chi connectivity index (χ2n) is 18.5. The van der Waals surface area contributed by atoms with Crippen molar-refractivity contribution in [1.82, 2.24) is 0 Å². The molecule has 0 radical (unpaired) electrons. The average Bonchev–Trinajstić information content (AvgIpc) is 3.28. The quantitative estimate of drug-likeness (QED) is 0.150. The molecule has 0 bridgehead atoms. The van der Waals surface area contributed by atoms with Crippen molar-refractivity contribution in [2.45, 2.75) is 111 Å². The van der Waals surface area contributed by atoms with Gasteiger partial charge in [-0.2, -0.15) is 0 Å². The highest BCUT2D eigenvalue weighted by atomic mass is 14.2. The van der Waals surface area contributed by atoms with Crippen molar-refractivity contribution in [3.8, 4) is 77.9 Å². The van der Waals surface area contributed by atoms with Crippen LogP contribution in [-0.4, -0.2) is 0 Å². The highest BCUT2D eigenvalue weighted by Crippen LogP contribution is 2.44. The molecule has 324 valence electrons. The van der Waals surface area contributed by atoms with E-state index in [1.807, 2.05) is 13.8 Å². The number of benzene rings is 8. The molecule has 8 aromatic carbocycles. The van der Waals surface area contributed by atoms with Gasteiger partial charge >= 0.3 is 0 Å². The zero-order chi connectivity index (χ0) is 46.3. The Morgan fingerprint density at radius 1 is 0.188 bits per heavy atom. The van der Waals surface area contributed by atoms with Crippen molar-refractivity contribution in [3.05, 3.63) is 199 Å². The summed E-state index contributed by atoms with van der Waals surface area (Å²) in [5.74, 6) is 0.